The van der Waals surface area contributed by atoms with Crippen LogP contribution in [0, 0.1) is 5.92 Å². The molecule has 1 aliphatic heterocycles. The van der Waals surface area contributed by atoms with Crippen LogP contribution >= 0.6 is 0 Å². The molecule has 5 nitrogen and oxygen atoms in total. The van der Waals surface area contributed by atoms with Crippen LogP contribution in [0.5, 0.6) is 0 Å². The average Bonchev–Trinajstić information content (AvgIpc) is 3.10. The highest BCUT2D eigenvalue weighted by Gasteiger charge is 2.37. The smallest absolute Gasteiger partial charge is 0.228 e. The number of rotatable bonds is 7. The van der Waals surface area contributed by atoms with Gasteiger partial charge in [0.05, 0.1) is 5.92 Å². The first-order chi connectivity index (χ1) is 13.5. The predicted molar refractivity (Wildman–Crippen MR) is 109 cm³/mol. The molecule has 1 saturated heterocycles. The predicted octanol–water partition coefficient (Wildman–Crippen LogP) is 3.43. The molecule has 1 unspecified atom stereocenters. The van der Waals surface area contributed by atoms with Crippen molar-refractivity contribution in [1.29, 1.82) is 0 Å². The summed E-state index contributed by atoms with van der Waals surface area (Å²) < 4.78 is 0. The Morgan fingerprint density at radius 3 is 2.39 bits per heavy atom. The van der Waals surface area contributed by atoms with Crippen molar-refractivity contribution in [3.63, 3.8) is 0 Å². The number of hydrogen-bond donors (Lipinski definition) is 0. The second kappa shape index (κ2) is 9.00. The van der Waals surface area contributed by atoms with Gasteiger partial charge in [-0.3, -0.25) is 14.6 Å². The number of aryl methyl sites for hydroxylation is 1. The van der Waals surface area contributed by atoms with Crippen LogP contribution in [0.2, 0.25) is 0 Å². The van der Waals surface area contributed by atoms with Crippen LogP contribution in [0.25, 0.3) is 0 Å². The first-order valence-corrected chi connectivity index (χ1v) is 10.0. The molecule has 2 heterocycles. The van der Waals surface area contributed by atoms with Gasteiger partial charge in [-0.05, 0) is 43.0 Å². The fourth-order valence-electron chi connectivity index (χ4n) is 3.68. The van der Waals surface area contributed by atoms with Crippen LogP contribution in [-0.4, -0.2) is 39.2 Å². The van der Waals surface area contributed by atoms with Gasteiger partial charge in [0.1, 0.15) is 0 Å². The van der Waals surface area contributed by atoms with Crippen molar-refractivity contribution >= 4 is 11.8 Å². The zero-order valence-electron chi connectivity index (χ0n) is 17.0. The Kier molecular flexibility index (Phi) is 6.45. The highest BCUT2D eigenvalue weighted by atomic mass is 16.2. The minimum atomic E-state index is -0.276. The van der Waals surface area contributed by atoms with E-state index in [4.69, 9.17) is 0 Å². The Balaban J connectivity index is 1.78. The highest BCUT2D eigenvalue weighted by molar-refractivity contribution is 5.89. The third-order valence-electron chi connectivity index (χ3n) is 5.34. The fraction of sp³-hybridized carbons (Fsp3) is 0.435. The molecule has 0 spiro atoms. The molecule has 0 aliphatic carbocycles. The zero-order chi connectivity index (χ0) is 20.1. The van der Waals surface area contributed by atoms with Crippen molar-refractivity contribution < 1.29 is 9.59 Å². The van der Waals surface area contributed by atoms with E-state index in [0.29, 0.717) is 26.1 Å². The van der Waals surface area contributed by atoms with Gasteiger partial charge in [0, 0.05) is 44.5 Å². The molecule has 1 aromatic carbocycles. The highest BCUT2D eigenvalue weighted by Crippen LogP contribution is 2.24. The van der Waals surface area contributed by atoms with Gasteiger partial charge in [0.25, 0.3) is 0 Å². The summed E-state index contributed by atoms with van der Waals surface area (Å²) in [5, 5.41) is 0. The lowest BCUT2D eigenvalue weighted by Crippen LogP contribution is -2.38. The van der Waals surface area contributed by atoms with Crippen molar-refractivity contribution in [2.75, 3.05) is 6.54 Å². The standard InChI is InChI=1S/C23H29N3O2/c1-4-18-7-9-19(10-8-18)14-25(15-20-6-5-11-24-13-20)23(28)21-12-22(27)26(16-21)17(2)3/h5-11,13,17,21H,4,12,14-16H2,1-3H3. The van der Waals surface area contributed by atoms with Crippen molar-refractivity contribution in [2.45, 2.75) is 52.7 Å². The van der Waals surface area contributed by atoms with Gasteiger partial charge in [-0.15, -0.1) is 0 Å². The summed E-state index contributed by atoms with van der Waals surface area (Å²) in [6.45, 7) is 7.65. The number of benzene rings is 1. The van der Waals surface area contributed by atoms with E-state index in [2.05, 4.69) is 36.2 Å². The van der Waals surface area contributed by atoms with Gasteiger partial charge in [-0.2, -0.15) is 0 Å². The maximum absolute atomic E-state index is 13.3. The molecule has 0 radical (unpaired) electrons. The van der Waals surface area contributed by atoms with E-state index in [1.807, 2.05) is 30.9 Å². The van der Waals surface area contributed by atoms with E-state index in [-0.39, 0.29) is 23.8 Å². The Morgan fingerprint density at radius 2 is 1.82 bits per heavy atom. The molecule has 0 bridgehead atoms. The summed E-state index contributed by atoms with van der Waals surface area (Å²) >= 11 is 0. The van der Waals surface area contributed by atoms with Gasteiger partial charge in [-0.1, -0.05) is 37.3 Å². The van der Waals surface area contributed by atoms with E-state index in [1.54, 1.807) is 17.3 Å². The Labute approximate surface area is 167 Å². The summed E-state index contributed by atoms with van der Waals surface area (Å²) in [6, 6.07) is 12.4. The molecular weight excluding hydrogens is 350 g/mol. The minimum absolute atomic E-state index is 0.0416. The van der Waals surface area contributed by atoms with Gasteiger partial charge < -0.3 is 9.80 Å². The number of carbonyl (C=O) groups excluding carboxylic acids is 2. The number of pyridine rings is 1. The van der Waals surface area contributed by atoms with Gasteiger partial charge in [0.15, 0.2) is 0 Å². The lowest BCUT2D eigenvalue weighted by Gasteiger charge is -2.26. The maximum Gasteiger partial charge on any atom is 0.228 e. The molecular formula is C23H29N3O2. The molecule has 1 aromatic heterocycles. The summed E-state index contributed by atoms with van der Waals surface area (Å²) in [6.07, 6.45) is 4.82. The van der Waals surface area contributed by atoms with E-state index >= 15 is 0 Å². The molecule has 28 heavy (non-hydrogen) atoms. The summed E-state index contributed by atoms with van der Waals surface area (Å²) in [5.74, 6) is -0.164. The molecule has 0 saturated carbocycles. The lowest BCUT2D eigenvalue weighted by molar-refractivity contribution is -0.137. The number of likely N-dealkylation sites (tertiary alicyclic amines) is 1. The Hall–Kier alpha value is -2.69. The fourth-order valence-corrected chi connectivity index (χ4v) is 3.68. The first-order valence-electron chi connectivity index (χ1n) is 10.0. The second-order valence-electron chi connectivity index (χ2n) is 7.77. The zero-order valence-corrected chi connectivity index (χ0v) is 17.0. The van der Waals surface area contributed by atoms with Gasteiger partial charge >= 0.3 is 0 Å². The largest absolute Gasteiger partial charge is 0.339 e. The number of nitrogens with zero attached hydrogens (tertiary/aromatic N) is 3. The van der Waals surface area contributed by atoms with Crippen LogP contribution in [0.3, 0.4) is 0 Å². The molecule has 1 fully saturated rings. The summed E-state index contributed by atoms with van der Waals surface area (Å²) in [7, 11) is 0. The lowest BCUT2D eigenvalue weighted by atomic mass is 10.0. The van der Waals surface area contributed by atoms with Crippen LogP contribution in [0.4, 0.5) is 0 Å². The van der Waals surface area contributed by atoms with E-state index in [0.717, 1.165) is 17.5 Å². The Bertz CT molecular complexity index is 802. The van der Waals surface area contributed by atoms with Crippen molar-refractivity contribution in [1.82, 2.24) is 14.8 Å². The molecule has 1 aliphatic rings. The third kappa shape index (κ3) is 4.77. The molecule has 148 valence electrons. The maximum atomic E-state index is 13.3. The second-order valence-corrected chi connectivity index (χ2v) is 7.77. The topological polar surface area (TPSA) is 53.5 Å². The van der Waals surface area contributed by atoms with Crippen LogP contribution in [0.1, 0.15) is 43.9 Å². The molecule has 2 aromatic rings. The molecule has 5 heteroatoms. The summed E-state index contributed by atoms with van der Waals surface area (Å²) in [5.41, 5.74) is 3.37. The van der Waals surface area contributed by atoms with Crippen LogP contribution in [-0.2, 0) is 29.1 Å². The summed E-state index contributed by atoms with van der Waals surface area (Å²) in [4.78, 5) is 33.4. The minimum Gasteiger partial charge on any atom is -0.339 e. The number of carbonyl (C=O) groups is 2. The quantitative estimate of drug-likeness (QED) is 0.741. The van der Waals surface area contributed by atoms with Crippen LogP contribution in [0.15, 0.2) is 48.8 Å². The molecule has 1 atom stereocenters. The number of aromatic nitrogens is 1. The van der Waals surface area contributed by atoms with Gasteiger partial charge in [-0.25, -0.2) is 0 Å². The molecule has 0 N–H and O–H groups in total. The van der Waals surface area contributed by atoms with E-state index in [9.17, 15) is 9.59 Å². The van der Waals surface area contributed by atoms with E-state index in [1.165, 1.54) is 5.56 Å². The monoisotopic (exact) mass is 379 g/mol. The average molecular weight is 380 g/mol. The van der Waals surface area contributed by atoms with Crippen molar-refractivity contribution in [3.05, 3.63) is 65.5 Å². The first kappa shape index (κ1) is 20.1. The Morgan fingerprint density at radius 1 is 1.14 bits per heavy atom. The molecule has 2 amide bonds. The van der Waals surface area contributed by atoms with Crippen LogP contribution < -0.4 is 0 Å². The van der Waals surface area contributed by atoms with E-state index < -0.39 is 0 Å². The number of hydrogen-bond acceptors (Lipinski definition) is 3. The SMILES string of the molecule is CCc1ccc(CN(Cc2cccnc2)C(=O)C2CC(=O)N(C(C)C)C2)cc1. The normalized spacial score (nSPS) is 16.6. The number of amides is 2. The van der Waals surface area contributed by atoms with Crippen molar-refractivity contribution in [3.8, 4) is 0 Å². The van der Waals surface area contributed by atoms with Gasteiger partial charge in [0.2, 0.25) is 11.8 Å². The molecule has 3 rings (SSSR count). The third-order valence-corrected chi connectivity index (χ3v) is 5.34. The van der Waals surface area contributed by atoms with Crippen molar-refractivity contribution in [2.24, 2.45) is 5.92 Å².